The van der Waals surface area contributed by atoms with Crippen LogP contribution in [0.2, 0.25) is 0 Å². The van der Waals surface area contributed by atoms with E-state index in [1.165, 1.54) is 0 Å². The lowest BCUT2D eigenvalue weighted by Gasteiger charge is -2.34. The van der Waals surface area contributed by atoms with Crippen LogP contribution in [0.1, 0.15) is 11.1 Å². The molecule has 1 fully saturated rings. The van der Waals surface area contributed by atoms with Crippen LogP contribution in [0.3, 0.4) is 0 Å². The fourth-order valence-corrected chi connectivity index (χ4v) is 2.79. The molecule has 0 aliphatic carbocycles. The average Bonchev–Trinajstić information content (AvgIpc) is 2.50. The molecule has 0 unspecified atom stereocenters. The summed E-state index contributed by atoms with van der Waals surface area (Å²) in [6.45, 7) is 2.74. The highest BCUT2D eigenvalue weighted by atomic mass is 19.4. The zero-order valence-corrected chi connectivity index (χ0v) is 13.4. The summed E-state index contributed by atoms with van der Waals surface area (Å²) >= 11 is 0. The maximum absolute atomic E-state index is 14.0. The molecule has 1 heterocycles. The molecule has 1 aromatic rings. The van der Waals surface area contributed by atoms with Crippen molar-refractivity contribution in [3.63, 3.8) is 0 Å². The summed E-state index contributed by atoms with van der Waals surface area (Å²) < 4.78 is 53.9. The van der Waals surface area contributed by atoms with E-state index in [1.54, 1.807) is 4.90 Å². The SMILES string of the molecule is NC(=O)Nc1cc(C(F)(F)F)c(CN2CCN(CCO)CC2)cc1F. The number of hydrogen-bond donors (Lipinski definition) is 3. The normalized spacial score (nSPS) is 16.8. The number of nitrogens with two attached hydrogens (primary N) is 1. The number of piperazine rings is 1. The number of rotatable bonds is 5. The van der Waals surface area contributed by atoms with Crippen LogP contribution in [0.15, 0.2) is 12.1 Å². The molecule has 0 spiro atoms. The number of carbonyl (C=O) groups excluding carboxylic acids is 1. The standard InChI is InChI=1S/C15H20F4N4O2/c16-12-7-10(9-23-3-1-22(2-4-23)5-6-24)11(15(17,18)19)8-13(12)21-14(20)25/h7-8,24H,1-6,9H2,(H3,20,21,25). The zero-order chi connectivity index (χ0) is 18.6. The maximum atomic E-state index is 14.0. The number of primary amides is 1. The third kappa shape index (κ3) is 5.28. The lowest BCUT2D eigenvalue weighted by atomic mass is 10.0. The molecule has 1 saturated heterocycles. The predicted octanol–water partition coefficient (Wildman–Crippen LogP) is 1.45. The van der Waals surface area contributed by atoms with Gasteiger partial charge in [-0.05, 0) is 17.7 Å². The summed E-state index contributed by atoms with van der Waals surface area (Å²) in [7, 11) is 0. The first-order chi connectivity index (χ1) is 11.7. The van der Waals surface area contributed by atoms with Crippen LogP contribution in [-0.2, 0) is 12.7 Å². The first-order valence-electron chi connectivity index (χ1n) is 7.72. The summed E-state index contributed by atoms with van der Waals surface area (Å²) in [6.07, 6.45) is -4.68. The van der Waals surface area contributed by atoms with Crippen LogP contribution in [0, 0.1) is 5.82 Å². The van der Waals surface area contributed by atoms with Gasteiger partial charge in [0.05, 0.1) is 17.9 Å². The second-order valence-corrected chi connectivity index (χ2v) is 5.82. The largest absolute Gasteiger partial charge is 0.416 e. The Balaban J connectivity index is 2.19. The number of nitrogens with zero attached hydrogens (tertiary/aromatic N) is 2. The third-order valence-electron chi connectivity index (χ3n) is 4.03. The topological polar surface area (TPSA) is 81.8 Å². The molecule has 140 valence electrons. The summed E-state index contributed by atoms with van der Waals surface area (Å²) in [5.41, 5.74) is 3.05. The summed E-state index contributed by atoms with van der Waals surface area (Å²) in [5, 5.41) is 10.8. The van der Waals surface area contributed by atoms with Crippen molar-refractivity contribution in [2.45, 2.75) is 12.7 Å². The number of halogens is 4. The highest BCUT2D eigenvalue weighted by Gasteiger charge is 2.35. The van der Waals surface area contributed by atoms with Crippen molar-refractivity contribution >= 4 is 11.7 Å². The number of benzene rings is 1. The number of aliphatic hydroxyl groups is 1. The van der Waals surface area contributed by atoms with Crippen molar-refractivity contribution in [2.24, 2.45) is 5.73 Å². The molecule has 0 atom stereocenters. The van der Waals surface area contributed by atoms with Gasteiger partial charge in [-0.15, -0.1) is 0 Å². The van der Waals surface area contributed by atoms with E-state index < -0.39 is 29.3 Å². The fraction of sp³-hybridized carbons (Fsp3) is 0.533. The number of amides is 2. The van der Waals surface area contributed by atoms with Gasteiger partial charge < -0.3 is 16.2 Å². The quantitative estimate of drug-likeness (QED) is 0.691. The van der Waals surface area contributed by atoms with Crippen LogP contribution in [0.4, 0.5) is 28.0 Å². The first kappa shape index (κ1) is 19.4. The Kier molecular flexibility index (Phi) is 6.20. The molecule has 0 aromatic heterocycles. The zero-order valence-electron chi connectivity index (χ0n) is 13.4. The second kappa shape index (κ2) is 7.98. The summed E-state index contributed by atoms with van der Waals surface area (Å²) in [6, 6.07) is 0.214. The van der Waals surface area contributed by atoms with Gasteiger partial charge in [-0.25, -0.2) is 9.18 Å². The Bertz CT molecular complexity index is 616. The van der Waals surface area contributed by atoms with Crippen LogP contribution >= 0.6 is 0 Å². The molecule has 0 bridgehead atoms. The van der Waals surface area contributed by atoms with E-state index in [0.29, 0.717) is 38.8 Å². The van der Waals surface area contributed by atoms with Gasteiger partial charge in [0.25, 0.3) is 0 Å². The van der Waals surface area contributed by atoms with Crippen molar-refractivity contribution in [1.82, 2.24) is 9.80 Å². The van der Waals surface area contributed by atoms with Crippen LogP contribution in [-0.4, -0.2) is 60.3 Å². The molecular formula is C15H20F4N4O2. The van der Waals surface area contributed by atoms with E-state index in [2.05, 4.69) is 0 Å². The number of urea groups is 1. The van der Waals surface area contributed by atoms with Gasteiger partial charge in [-0.1, -0.05) is 0 Å². The Morgan fingerprint density at radius 3 is 2.32 bits per heavy atom. The highest BCUT2D eigenvalue weighted by molar-refractivity contribution is 5.88. The molecule has 2 rings (SSSR count). The first-order valence-corrected chi connectivity index (χ1v) is 7.72. The number of aliphatic hydroxyl groups excluding tert-OH is 1. The Morgan fingerprint density at radius 2 is 1.80 bits per heavy atom. The predicted molar refractivity (Wildman–Crippen MR) is 83.4 cm³/mol. The number of alkyl halides is 3. The van der Waals surface area contributed by atoms with E-state index in [0.717, 1.165) is 6.07 Å². The number of carbonyl (C=O) groups is 1. The van der Waals surface area contributed by atoms with Crippen molar-refractivity contribution in [3.05, 3.63) is 29.1 Å². The number of anilines is 1. The fourth-order valence-electron chi connectivity index (χ4n) is 2.79. The number of β-amino-alcohol motifs (C(OH)–C–C–N with tert-alkyl or cyclic N) is 1. The molecule has 6 nitrogen and oxygen atoms in total. The van der Waals surface area contributed by atoms with Crippen molar-refractivity contribution in [3.8, 4) is 0 Å². The highest BCUT2D eigenvalue weighted by Crippen LogP contribution is 2.35. The Labute approximate surface area is 142 Å². The van der Waals surface area contributed by atoms with Crippen LogP contribution in [0.5, 0.6) is 0 Å². The molecule has 1 aromatic carbocycles. The van der Waals surface area contributed by atoms with Crippen molar-refractivity contribution in [2.75, 3.05) is 44.6 Å². The molecule has 1 aliphatic rings. The summed E-state index contributed by atoms with van der Waals surface area (Å²) in [5.74, 6) is -0.972. The molecule has 0 saturated carbocycles. The van der Waals surface area contributed by atoms with Gasteiger partial charge in [0.2, 0.25) is 0 Å². The molecule has 4 N–H and O–H groups in total. The monoisotopic (exact) mass is 364 g/mol. The van der Waals surface area contributed by atoms with Crippen LogP contribution in [0.25, 0.3) is 0 Å². The minimum Gasteiger partial charge on any atom is -0.395 e. The molecule has 25 heavy (non-hydrogen) atoms. The summed E-state index contributed by atoms with van der Waals surface area (Å²) in [4.78, 5) is 14.6. The van der Waals surface area contributed by atoms with Gasteiger partial charge in [-0.3, -0.25) is 9.80 Å². The number of nitrogens with one attached hydrogen (secondary N) is 1. The van der Waals surface area contributed by atoms with Crippen LogP contribution < -0.4 is 11.1 Å². The maximum Gasteiger partial charge on any atom is 0.416 e. The van der Waals surface area contributed by atoms with E-state index in [9.17, 15) is 22.4 Å². The molecule has 2 amide bonds. The van der Waals surface area contributed by atoms with E-state index >= 15 is 0 Å². The number of hydrogen-bond acceptors (Lipinski definition) is 4. The van der Waals surface area contributed by atoms with E-state index in [-0.39, 0.29) is 18.7 Å². The van der Waals surface area contributed by atoms with Gasteiger partial charge in [0.1, 0.15) is 5.82 Å². The van der Waals surface area contributed by atoms with Gasteiger partial charge in [-0.2, -0.15) is 13.2 Å². The molecule has 10 heteroatoms. The lowest BCUT2D eigenvalue weighted by molar-refractivity contribution is -0.138. The average molecular weight is 364 g/mol. The minimum atomic E-state index is -4.68. The second-order valence-electron chi connectivity index (χ2n) is 5.82. The molecular weight excluding hydrogens is 344 g/mol. The van der Waals surface area contributed by atoms with E-state index in [1.807, 2.05) is 10.2 Å². The van der Waals surface area contributed by atoms with Crippen molar-refractivity contribution in [1.29, 1.82) is 0 Å². The minimum absolute atomic E-state index is 0.0256. The van der Waals surface area contributed by atoms with Gasteiger partial charge >= 0.3 is 12.2 Å². The third-order valence-corrected chi connectivity index (χ3v) is 4.03. The van der Waals surface area contributed by atoms with Gasteiger partial charge in [0, 0.05) is 39.3 Å². The van der Waals surface area contributed by atoms with Crippen molar-refractivity contribution < 1.29 is 27.5 Å². The lowest BCUT2D eigenvalue weighted by Crippen LogP contribution is -2.46. The Hall–Kier alpha value is -1.91. The molecule has 0 radical (unpaired) electrons. The molecule has 1 aliphatic heterocycles. The Morgan fingerprint density at radius 1 is 1.20 bits per heavy atom. The van der Waals surface area contributed by atoms with Gasteiger partial charge in [0.15, 0.2) is 0 Å². The smallest absolute Gasteiger partial charge is 0.395 e. The van der Waals surface area contributed by atoms with E-state index in [4.69, 9.17) is 10.8 Å².